The highest BCUT2D eigenvalue weighted by Crippen LogP contribution is 2.15. The van der Waals surface area contributed by atoms with E-state index in [4.69, 9.17) is 0 Å². The number of hydrogen-bond donors (Lipinski definition) is 1. The van der Waals surface area contributed by atoms with Crippen LogP contribution in [-0.4, -0.2) is 17.0 Å². The van der Waals surface area contributed by atoms with E-state index in [0.29, 0.717) is 12.2 Å². The Bertz CT molecular complexity index is 619. The molecule has 0 spiro atoms. The number of carbonyl (C=O) groups is 1. The van der Waals surface area contributed by atoms with Gasteiger partial charge in [-0.2, -0.15) is 0 Å². The molecule has 3 nitrogen and oxygen atoms in total. The lowest BCUT2D eigenvalue weighted by Crippen LogP contribution is -2.28. The Kier molecular flexibility index (Phi) is 5.62. The molecule has 0 aliphatic heterocycles. The summed E-state index contributed by atoms with van der Waals surface area (Å²) >= 11 is 3.43. The Morgan fingerprint density at radius 1 is 1.33 bits per heavy atom. The maximum atomic E-state index is 12.3. The zero-order chi connectivity index (χ0) is 15.2. The Morgan fingerprint density at radius 3 is 2.81 bits per heavy atom. The van der Waals surface area contributed by atoms with Crippen molar-refractivity contribution in [3.63, 3.8) is 0 Å². The average molecular weight is 349 g/mol. The number of hydrogen-bond acceptors (Lipinski definition) is 1. The van der Waals surface area contributed by atoms with Crippen molar-refractivity contribution in [1.82, 2.24) is 9.88 Å². The predicted molar refractivity (Wildman–Crippen MR) is 89.6 cm³/mol. The summed E-state index contributed by atoms with van der Waals surface area (Å²) in [6.45, 7) is 5.71. The third-order valence-corrected chi connectivity index (χ3v) is 3.94. The summed E-state index contributed by atoms with van der Waals surface area (Å²) in [4.78, 5) is 12.3. The normalized spacial score (nSPS) is 10.6. The summed E-state index contributed by atoms with van der Waals surface area (Å²) < 4.78 is 2.94. The third kappa shape index (κ3) is 4.21. The van der Waals surface area contributed by atoms with Gasteiger partial charge in [0.15, 0.2) is 0 Å². The zero-order valence-electron chi connectivity index (χ0n) is 12.5. The topological polar surface area (TPSA) is 34.0 Å². The van der Waals surface area contributed by atoms with Crippen LogP contribution < -0.4 is 5.32 Å². The van der Waals surface area contributed by atoms with Crippen molar-refractivity contribution in [2.75, 3.05) is 6.54 Å². The molecule has 0 atom stereocenters. The van der Waals surface area contributed by atoms with E-state index in [1.165, 1.54) is 11.1 Å². The number of rotatable bonds is 6. The van der Waals surface area contributed by atoms with Crippen LogP contribution in [0.1, 0.15) is 35.0 Å². The molecule has 1 N–H and O–H groups in total. The predicted octanol–water partition coefficient (Wildman–Crippen LogP) is 3.94. The molecule has 4 heteroatoms. The number of halogens is 1. The lowest BCUT2D eigenvalue weighted by Gasteiger charge is -2.09. The van der Waals surface area contributed by atoms with Crippen molar-refractivity contribution >= 4 is 21.8 Å². The second-order valence-electron chi connectivity index (χ2n) is 5.17. The van der Waals surface area contributed by atoms with Crippen molar-refractivity contribution in [2.24, 2.45) is 0 Å². The van der Waals surface area contributed by atoms with Crippen molar-refractivity contribution in [3.05, 3.63) is 57.8 Å². The molecule has 0 radical (unpaired) electrons. The summed E-state index contributed by atoms with van der Waals surface area (Å²) in [5, 5.41) is 3.01. The highest BCUT2D eigenvalue weighted by molar-refractivity contribution is 9.10. The number of nitrogens with zero attached hydrogens (tertiary/aromatic N) is 1. The van der Waals surface area contributed by atoms with Crippen molar-refractivity contribution in [1.29, 1.82) is 0 Å². The van der Waals surface area contributed by atoms with Crippen LogP contribution in [0.3, 0.4) is 0 Å². The number of aromatic nitrogens is 1. The highest BCUT2D eigenvalue weighted by atomic mass is 79.9. The summed E-state index contributed by atoms with van der Waals surface area (Å²) in [5.41, 5.74) is 3.26. The van der Waals surface area contributed by atoms with Gasteiger partial charge in [0, 0.05) is 23.8 Å². The molecule has 0 aliphatic rings. The van der Waals surface area contributed by atoms with Crippen LogP contribution in [0, 0.1) is 6.92 Å². The van der Waals surface area contributed by atoms with Gasteiger partial charge in [0.25, 0.3) is 5.91 Å². The molecule has 0 fully saturated rings. The molecule has 112 valence electrons. The van der Waals surface area contributed by atoms with E-state index in [1.807, 2.05) is 29.0 Å². The Labute approximate surface area is 134 Å². The number of nitrogens with one attached hydrogen (secondary N) is 1. The molecule has 1 aromatic carbocycles. The van der Waals surface area contributed by atoms with E-state index in [1.54, 1.807) is 0 Å². The van der Waals surface area contributed by atoms with Crippen LogP contribution >= 0.6 is 15.9 Å². The molecule has 1 aromatic heterocycles. The van der Waals surface area contributed by atoms with Gasteiger partial charge in [-0.1, -0.05) is 31.2 Å². The zero-order valence-corrected chi connectivity index (χ0v) is 14.1. The minimum Gasteiger partial charge on any atom is -0.350 e. The molecule has 0 unspecified atom stereocenters. The van der Waals surface area contributed by atoms with Crippen LogP contribution in [0.5, 0.6) is 0 Å². The first-order valence-corrected chi connectivity index (χ1v) is 8.09. The van der Waals surface area contributed by atoms with Crippen molar-refractivity contribution in [2.45, 2.75) is 33.2 Å². The molecular weight excluding hydrogens is 328 g/mol. The second-order valence-corrected chi connectivity index (χ2v) is 6.09. The molecular formula is C17H21BrN2O. The maximum Gasteiger partial charge on any atom is 0.267 e. The van der Waals surface area contributed by atoms with Crippen molar-refractivity contribution in [3.8, 4) is 0 Å². The first-order valence-electron chi connectivity index (χ1n) is 7.30. The van der Waals surface area contributed by atoms with Crippen LogP contribution in [-0.2, 0) is 13.0 Å². The van der Waals surface area contributed by atoms with Crippen molar-refractivity contribution < 1.29 is 4.79 Å². The van der Waals surface area contributed by atoms with Crippen LogP contribution in [0.25, 0.3) is 0 Å². The fraction of sp³-hybridized carbons (Fsp3) is 0.353. The number of aryl methyl sites for hydroxylation is 2. The van der Waals surface area contributed by atoms with Gasteiger partial charge >= 0.3 is 0 Å². The molecule has 2 rings (SSSR count). The molecule has 1 heterocycles. The van der Waals surface area contributed by atoms with E-state index >= 15 is 0 Å². The standard InChI is InChI=1S/C17H21BrN2O/c1-3-10-20-12-15(18)11-16(20)17(21)19-9-8-14-7-5-4-6-13(14)2/h4-7,11-12H,3,8-10H2,1-2H3,(H,19,21). The minimum atomic E-state index is -0.0114. The van der Waals surface area contributed by atoms with Crippen LogP contribution in [0.4, 0.5) is 0 Å². The molecule has 0 aliphatic carbocycles. The molecule has 2 aromatic rings. The molecule has 21 heavy (non-hydrogen) atoms. The number of benzene rings is 1. The first-order chi connectivity index (χ1) is 10.1. The molecule has 0 bridgehead atoms. The SMILES string of the molecule is CCCn1cc(Br)cc1C(=O)NCCc1ccccc1C. The van der Waals surface area contributed by atoms with Gasteiger partial charge < -0.3 is 9.88 Å². The smallest absolute Gasteiger partial charge is 0.267 e. The summed E-state index contributed by atoms with van der Waals surface area (Å²) in [7, 11) is 0. The van der Waals surface area contributed by atoms with E-state index in [2.05, 4.69) is 47.2 Å². The second kappa shape index (κ2) is 7.46. The number of carbonyl (C=O) groups excluding carboxylic acids is 1. The van der Waals surface area contributed by atoms with Gasteiger partial charge in [0.2, 0.25) is 0 Å². The fourth-order valence-corrected chi connectivity index (χ4v) is 2.85. The fourth-order valence-electron chi connectivity index (χ4n) is 2.38. The lowest BCUT2D eigenvalue weighted by atomic mass is 10.1. The van der Waals surface area contributed by atoms with E-state index in [9.17, 15) is 4.79 Å². The summed E-state index contributed by atoms with van der Waals surface area (Å²) in [6, 6.07) is 10.2. The molecule has 0 saturated heterocycles. The Morgan fingerprint density at radius 2 is 2.10 bits per heavy atom. The van der Waals surface area contributed by atoms with E-state index in [0.717, 1.165) is 23.9 Å². The Hall–Kier alpha value is -1.55. The van der Waals surface area contributed by atoms with Crippen LogP contribution in [0.15, 0.2) is 41.0 Å². The summed E-state index contributed by atoms with van der Waals surface area (Å²) in [5.74, 6) is -0.0114. The van der Waals surface area contributed by atoms with E-state index in [-0.39, 0.29) is 5.91 Å². The van der Waals surface area contributed by atoms with E-state index < -0.39 is 0 Å². The van der Waals surface area contributed by atoms with Gasteiger partial charge in [-0.25, -0.2) is 0 Å². The highest BCUT2D eigenvalue weighted by Gasteiger charge is 2.12. The monoisotopic (exact) mass is 348 g/mol. The third-order valence-electron chi connectivity index (χ3n) is 3.50. The van der Waals surface area contributed by atoms with Gasteiger partial charge in [0.05, 0.1) is 0 Å². The maximum absolute atomic E-state index is 12.3. The average Bonchev–Trinajstić information content (AvgIpc) is 2.82. The molecule has 0 saturated carbocycles. The van der Waals surface area contributed by atoms with Gasteiger partial charge in [0.1, 0.15) is 5.69 Å². The quantitative estimate of drug-likeness (QED) is 0.842. The largest absolute Gasteiger partial charge is 0.350 e. The van der Waals surface area contributed by atoms with Gasteiger partial charge in [-0.05, 0) is 52.9 Å². The minimum absolute atomic E-state index is 0.0114. The van der Waals surface area contributed by atoms with Crippen LogP contribution in [0.2, 0.25) is 0 Å². The van der Waals surface area contributed by atoms with Gasteiger partial charge in [-0.15, -0.1) is 0 Å². The first kappa shape index (κ1) is 15.8. The van der Waals surface area contributed by atoms with Gasteiger partial charge in [-0.3, -0.25) is 4.79 Å². The lowest BCUT2D eigenvalue weighted by molar-refractivity contribution is 0.0944. The Balaban J connectivity index is 1.94. The summed E-state index contributed by atoms with van der Waals surface area (Å²) in [6.07, 6.45) is 3.82. The molecule has 1 amide bonds. The number of amides is 1.